The predicted octanol–water partition coefficient (Wildman–Crippen LogP) is 3.15. The summed E-state index contributed by atoms with van der Waals surface area (Å²) in [5, 5.41) is 0. The van der Waals surface area contributed by atoms with Gasteiger partial charge < -0.3 is 10.6 Å². The number of rotatable bonds is 2. The fraction of sp³-hybridized carbons (Fsp3) is 0.429. The molecule has 1 saturated carbocycles. The highest BCUT2D eigenvalue weighted by Gasteiger charge is 2.61. The van der Waals surface area contributed by atoms with Crippen molar-refractivity contribution in [1.29, 1.82) is 0 Å². The first-order valence-corrected chi connectivity index (χ1v) is 6.08. The number of hydrogen-bond donors (Lipinski definition) is 1. The molecule has 2 nitrogen and oxygen atoms in total. The van der Waals surface area contributed by atoms with Crippen LogP contribution in [0.5, 0.6) is 0 Å². The van der Waals surface area contributed by atoms with E-state index in [0.29, 0.717) is 18.8 Å². The van der Waals surface area contributed by atoms with E-state index < -0.39 is 5.92 Å². The van der Waals surface area contributed by atoms with Crippen molar-refractivity contribution in [3.8, 4) is 0 Å². The fourth-order valence-electron chi connectivity index (χ4n) is 3.23. The Morgan fingerprint density at radius 1 is 1.28 bits per heavy atom. The Morgan fingerprint density at radius 2 is 1.94 bits per heavy atom. The molecule has 1 heterocycles. The molecule has 1 saturated heterocycles. The van der Waals surface area contributed by atoms with Crippen LogP contribution in [0.1, 0.15) is 18.4 Å². The van der Waals surface area contributed by atoms with Crippen molar-refractivity contribution in [1.82, 2.24) is 0 Å². The quantitative estimate of drug-likeness (QED) is 0.817. The zero-order valence-electron chi connectivity index (χ0n) is 10.1. The minimum Gasteiger partial charge on any atom is -0.397 e. The highest BCUT2D eigenvalue weighted by molar-refractivity contribution is 5.78. The molecule has 96 valence electrons. The second-order valence-electron chi connectivity index (χ2n) is 5.55. The molecule has 0 amide bonds. The van der Waals surface area contributed by atoms with E-state index in [2.05, 4.69) is 11.5 Å². The summed E-state index contributed by atoms with van der Waals surface area (Å²) in [5.41, 5.74) is 8.40. The van der Waals surface area contributed by atoms with E-state index in [4.69, 9.17) is 5.73 Å². The number of benzene rings is 1. The normalized spacial score (nSPS) is 23.3. The average Bonchev–Trinajstić information content (AvgIpc) is 2.23. The maximum Gasteiger partial charge on any atom is 0.249 e. The van der Waals surface area contributed by atoms with Gasteiger partial charge in [-0.3, -0.25) is 0 Å². The minimum absolute atomic E-state index is 0.0254. The molecular weight excluding hydrogens is 234 g/mol. The molecule has 0 atom stereocenters. The number of nitrogens with zero attached hydrogens (tertiary/aromatic N) is 1. The van der Waals surface area contributed by atoms with Gasteiger partial charge in [-0.05, 0) is 11.6 Å². The summed E-state index contributed by atoms with van der Waals surface area (Å²) in [6, 6.07) is 5.76. The molecule has 0 aromatic heterocycles. The van der Waals surface area contributed by atoms with Crippen LogP contribution in [0.25, 0.3) is 6.08 Å². The standard InChI is InChI=1S/C14H16F2N2/c1-2-10-4-3-5-11(12(10)17)18-8-13(9-18)6-14(15,16)7-13/h2-5H,1,6-9,17H2. The summed E-state index contributed by atoms with van der Waals surface area (Å²) in [4.78, 5) is 2.08. The van der Waals surface area contributed by atoms with Gasteiger partial charge in [0, 0.05) is 31.3 Å². The first-order valence-electron chi connectivity index (χ1n) is 6.08. The van der Waals surface area contributed by atoms with E-state index in [0.717, 1.165) is 11.3 Å². The number of hydrogen-bond acceptors (Lipinski definition) is 2. The first kappa shape index (κ1) is 11.5. The van der Waals surface area contributed by atoms with Crippen LogP contribution in [0, 0.1) is 5.41 Å². The smallest absolute Gasteiger partial charge is 0.249 e. The number of anilines is 2. The summed E-state index contributed by atoms with van der Waals surface area (Å²) in [6.45, 7) is 5.09. The van der Waals surface area contributed by atoms with E-state index in [9.17, 15) is 8.78 Å². The molecule has 3 rings (SSSR count). The van der Waals surface area contributed by atoms with Crippen LogP contribution in [0.15, 0.2) is 24.8 Å². The Kier molecular flexibility index (Phi) is 2.22. The summed E-state index contributed by atoms with van der Waals surface area (Å²) >= 11 is 0. The van der Waals surface area contributed by atoms with Gasteiger partial charge in [-0.2, -0.15) is 0 Å². The van der Waals surface area contributed by atoms with Crippen LogP contribution in [-0.4, -0.2) is 19.0 Å². The third-order valence-electron chi connectivity index (χ3n) is 4.00. The summed E-state index contributed by atoms with van der Waals surface area (Å²) in [5.74, 6) is -2.44. The van der Waals surface area contributed by atoms with Gasteiger partial charge in [0.05, 0.1) is 11.4 Å². The van der Waals surface area contributed by atoms with Gasteiger partial charge in [0.2, 0.25) is 5.92 Å². The van der Waals surface area contributed by atoms with Crippen molar-refractivity contribution < 1.29 is 8.78 Å². The van der Waals surface area contributed by atoms with Gasteiger partial charge in [0.25, 0.3) is 0 Å². The summed E-state index contributed by atoms with van der Waals surface area (Å²) < 4.78 is 25.9. The predicted molar refractivity (Wildman–Crippen MR) is 69.8 cm³/mol. The number of alkyl halides is 2. The van der Waals surface area contributed by atoms with E-state index in [1.807, 2.05) is 18.2 Å². The van der Waals surface area contributed by atoms with Crippen molar-refractivity contribution in [2.45, 2.75) is 18.8 Å². The second-order valence-corrected chi connectivity index (χ2v) is 5.55. The van der Waals surface area contributed by atoms with E-state index in [-0.39, 0.29) is 18.3 Å². The Labute approximate surface area is 105 Å². The summed E-state index contributed by atoms with van der Waals surface area (Å²) in [7, 11) is 0. The maximum absolute atomic E-state index is 12.9. The van der Waals surface area contributed by atoms with Crippen LogP contribution in [0.2, 0.25) is 0 Å². The molecule has 0 bridgehead atoms. The third-order valence-corrected chi connectivity index (χ3v) is 4.00. The number of nitrogens with two attached hydrogens (primary N) is 1. The van der Waals surface area contributed by atoms with Crippen LogP contribution < -0.4 is 10.6 Å². The van der Waals surface area contributed by atoms with Crippen molar-refractivity contribution in [3.63, 3.8) is 0 Å². The van der Waals surface area contributed by atoms with Gasteiger partial charge in [0.15, 0.2) is 0 Å². The molecule has 4 heteroatoms. The summed E-state index contributed by atoms with van der Waals surface area (Å²) in [6.07, 6.45) is 1.76. The van der Waals surface area contributed by atoms with E-state index in [1.54, 1.807) is 6.08 Å². The molecule has 0 radical (unpaired) electrons. The van der Waals surface area contributed by atoms with E-state index in [1.165, 1.54) is 0 Å². The molecule has 1 aliphatic carbocycles. The Hall–Kier alpha value is -1.58. The Balaban J connectivity index is 1.74. The van der Waals surface area contributed by atoms with Gasteiger partial charge in [-0.1, -0.05) is 24.8 Å². The molecule has 1 spiro atoms. The molecule has 0 unspecified atom stereocenters. The van der Waals surface area contributed by atoms with Gasteiger partial charge in [-0.15, -0.1) is 0 Å². The Morgan fingerprint density at radius 3 is 2.50 bits per heavy atom. The molecule has 1 aromatic carbocycles. The van der Waals surface area contributed by atoms with Crippen molar-refractivity contribution in [2.75, 3.05) is 23.7 Å². The second kappa shape index (κ2) is 3.46. The van der Waals surface area contributed by atoms with Crippen molar-refractivity contribution in [3.05, 3.63) is 30.3 Å². The van der Waals surface area contributed by atoms with Gasteiger partial charge in [-0.25, -0.2) is 8.78 Å². The molecule has 18 heavy (non-hydrogen) atoms. The highest BCUT2D eigenvalue weighted by atomic mass is 19.3. The number of para-hydroxylation sites is 1. The molecule has 1 aliphatic heterocycles. The lowest BCUT2D eigenvalue weighted by Crippen LogP contribution is -2.66. The van der Waals surface area contributed by atoms with Crippen LogP contribution in [0.4, 0.5) is 20.2 Å². The molecular formula is C14H16F2N2. The topological polar surface area (TPSA) is 29.3 Å². The molecule has 1 aromatic rings. The molecule has 2 aliphatic rings. The third kappa shape index (κ3) is 1.59. The Bertz CT molecular complexity index is 495. The lowest BCUT2D eigenvalue weighted by atomic mass is 9.61. The lowest BCUT2D eigenvalue weighted by Gasteiger charge is -2.59. The van der Waals surface area contributed by atoms with Crippen LogP contribution >= 0.6 is 0 Å². The zero-order valence-corrected chi connectivity index (χ0v) is 10.1. The first-order chi connectivity index (χ1) is 8.45. The largest absolute Gasteiger partial charge is 0.397 e. The fourth-order valence-corrected chi connectivity index (χ4v) is 3.23. The molecule has 2 fully saturated rings. The maximum atomic E-state index is 12.9. The lowest BCUT2D eigenvalue weighted by molar-refractivity contribution is -0.170. The van der Waals surface area contributed by atoms with Crippen molar-refractivity contribution >= 4 is 17.5 Å². The van der Waals surface area contributed by atoms with Crippen LogP contribution in [-0.2, 0) is 0 Å². The highest BCUT2D eigenvalue weighted by Crippen LogP contribution is 2.57. The van der Waals surface area contributed by atoms with Gasteiger partial charge in [0.1, 0.15) is 0 Å². The number of halogens is 2. The zero-order chi connectivity index (χ0) is 13.0. The van der Waals surface area contributed by atoms with Crippen LogP contribution in [0.3, 0.4) is 0 Å². The van der Waals surface area contributed by atoms with Gasteiger partial charge >= 0.3 is 0 Å². The monoisotopic (exact) mass is 250 g/mol. The molecule has 2 N–H and O–H groups in total. The van der Waals surface area contributed by atoms with E-state index >= 15 is 0 Å². The SMILES string of the molecule is C=Cc1cccc(N2CC3(C2)CC(F)(F)C3)c1N. The van der Waals surface area contributed by atoms with Crippen molar-refractivity contribution in [2.24, 2.45) is 5.41 Å². The minimum atomic E-state index is -2.44. The number of nitrogen functional groups attached to an aromatic ring is 1. The average molecular weight is 250 g/mol.